The van der Waals surface area contributed by atoms with Crippen LogP contribution in [0.25, 0.3) is 0 Å². The molecule has 0 aromatic rings. The Kier molecular flexibility index (Phi) is 6.03. The molecule has 2 unspecified atom stereocenters. The molecule has 3 amide bonds. The number of hydrogen-bond donors (Lipinski definition) is 1. The molecule has 0 aromatic carbocycles. The van der Waals surface area contributed by atoms with Crippen molar-refractivity contribution in [3.63, 3.8) is 0 Å². The highest BCUT2D eigenvalue weighted by molar-refractivity contribution is 5.82. The summed E-state index contributed by atoms with van der Waals surface area (Å²) in [5, 5.41) is 2.68. The first-order chi connectivity index (χ1) is 12.0. The molecule has 3 atom stereocenters. The molecule has 2 fully saturated rings. The number of piperidine rings is 1. The van der Waals surface area contributed by atoms with Gasteiger partial charge in [-0.05, 0) is 52.4 Å². The molecule has 2 aliphatic heterocycles. The minimum Gasteiger partial charge on any atom is -0.467 e. The van der Waals surface area contributed by atoms with Crippen LogP contribution >= 0.6 is 0 Å². The second-order valence-corrected chi connectivity index (χ2v) is 8.35. The van der Waals surface area contributed by atoms with Crippen molar-refractivity contribution < 1.29 is 23.9 Å². The molecule has 2 heterocycles. The zero-order chi connectivity index (χ0) is 19.6. The van der Waals surface area contributed by atoms with Crippen LogP contribution < -0.4 is 5.32 Å². The Hall–Kier alpha value is -1.99. The Morgan fingerprint density at radius 2 is 1.65 bits per heavy atom. The molecule has 8 heteroatoms. The summed E-state index contributed by atoms with van der Waals surface area (Å²) < 4.78 is 10.2. The fourth-order valence-corrected chi connectivity index (χ4v) is 3.97. The molecule has 0 aliphatic carbocycles. The number of fused-ring (bicyclic) bond motifs is 2. The van der Waals surface area contributed by atoms with Gasteiger partial charge >= 0.3 is 18.1 Å². The molecule has 2 rings (SSSR count). The Morgan fingerprint density at radius 3 is 2.08 bits per heavy atom. The molecule has 26 heavy (non-hydrogen) atoms. The van der Waals surface area contributed by atoms with Gasteiger partial charge in [-0.1, -0.05) is 0 Å². The Labute approximate surface area is 155 Å². The third-order valence-corrected chi connectivity index (χ3v) is 4.97. The van der Waals surface area contributed by atoms with E-state index in [2.05, 4.69) is 5.32 Å². The average Bonchev–Trinajstić information content (AvgIpc) is 2.79. The van der Waals surface area contributed by atoms with Crippen LogP contribution in [0.2, 0.25) is 0 Å². The van der Waals surface area contributed by atoms with E-state index in [0.29, 0.717) is 12.8 Å². The highest BCUT2D eigenvalue weighted by atomic mass is 16.6. The lowest BCUT2D eigenvalue weighted by Crippen LogP contribution is -2.56. The van der Waals surface area contributed by atoms with Gasteiger partial charge in [0.1, 0.15) is 11.6 Å². The summed E-state index contributed by atoms with van der Waals surface area (Å²) in [6.45, 7) is 5.31. The Balaban J connectivity index is 2.10. The largest absolute Gasteiger partial charge is 0.467 e. The lowest BCUT2D eigenvalue weighted by Gasteiger charge is -2.42. The Morgan fingerprint density at radius 1 is 1.12 bits per heavy atom. The molecule has 8 nitrogen and oxygen atoms in total. The number of hydrogen-bond acceptors (Lipinski definition) is 5. The SMILES string of the molecule is COC(=O)[C@@H](NC(=O)OC(C)(C)C)C1CC2CCC(C1)N2C(=O)N(C)C. The highest BCUT2D eigenvalue weighted by Gasteiger charge is 2.47. The van der Waals surface area contributed by atoms with Crippen molar-refractivity contribution in [3.05, 3.63) is 0 Å². The smallest absolute Gasteiger partial charge is 0.408 e. The number of nitrogens with one attached hydrogen (secondary N) is 1. The predicted octanol–water partition coefficient (Wildman–Crippen LogP) is 1.98. The molecule has 2 saturated heterocycles. The van der Waals surface area contributed by atoms with Crippen LogP contribution in [0.1, 0.15) is 46.5 Å². The third-order valence-electron chi connectivity index (χ3n) is 4.97. The van der Waals surface area contributed by atoms with Gasteiger partial charge in [0, 0.05) is 26.2 Å². The van der Waals surface area contributed by atoms with Gasteiger partial charge in [0.15, 0.2) is 0 Å². The van der Waals surface area contributed by atoms with Gasteiger partial charge < -0.3 is 24.6 Å². The monoisotopic (exact) mass is 369 g/mol. The normalized spacial score (nSPS) is 26.1. The molecule has 2 bridgehead atoms. The number of amides is 3. The molecular formula is C18H31N3O5. The van der Waals surface area contributed by atoms with E-state index in [4.69, 9.17) is 9.47 Å². The molecule has 1 N–H and O–H groups in total. The number of alkyl carbamates (subject to hydrolysis) is 1. The summed E-state index contributed by atoms with van der Waals surface area (Å²) in [5.41, 5.74) is -0.648. The van der Waals surface area contributed by atoms with Crippen molar-refractivity contribution in [3.8, 4) is 0 Å². The van der Waals surface area contributed by atoms with Crippen LogP contribution in [0.5, 0.6) is 0 Å². The molecular weight excluding hydrogens is 338 g/mol. The maximum atomic E-state index is 12.4. The van der Waals surface area contributed by atoms with E-state index in [1.54, 1.807) is 39.8 Å². The standard InChI is InChI=1S/C18H31N3O5/c1-18(2,3)26-16(23)19-14(15(22)25-6)11-9-12-7-8-13(10-11)21(12)17(24)20(4)5/h11-14H,7-10H2,1-6H3,(H,19,23)/t11?,12?,13?,14-/m0/s1. The van der Waals surface area contributed by atoms with Gasteiger partial charge in [-0.3, -0.25) is 0 Å². The number of carbonyl (C=O) groups excluding carboxylic acids is 3. The fourth-order valence-electron chi connectivity index (χ4n) is 3.97. The second kappa shape index (κ2) is 7.72. The number of ether oxygens (including phenoxy) is 2. The summed E-state index contributed by atoms with van der Waals surface area (Å²) in [6, 6.07) is -0.595. The first-order valence-corrected chi connectivity index (χ1v) is 9.10. The van der Waals surface area contributed by atoms with Crippen LogP contribution in [0, 0.1) is 5.92 Å². The van der Waals surface area contributed by atoms with Crippen LogP contribution in [-0.4, -0.2) is 72.8 Å². The molecule has 0 spiro atoms. The average molecular weight is 369 g/mol. The van der Waals surface area contributed by atoms with Gasteiger partial charge in [-0.15, -0.1) is 0 Å². The van der Waals surface area contributed by atoms with E-state index < -0.39 is 23.7 Å². The van der Waals surface area contributed by atoms with Crippen LogP contribution in [0.4, 0.5) is 9.59 Å². The third kappa shape index (κ3) is 4.59. The zero-order valence-corrected chi connectivity index (χ0v) is 16.6. The quantitative estimate of drug-likeness (QED) is 0.769. The summed E-state index contributed by atoms with van der Waals surface area (Å²) in [4.78, 5) is 40.4. The first-order valence-electron chi connectivity index (χ1n) is 9.10. The van der Waals surface area contributed by atoms with E-state index in [0.717, 1.165) is 12.8 Å². The van der Waals surface area contributed by atoms with Crippen molar-refractivity contribution in [2.24, 2.45) is 5.92 Å². The highest BCUT2D eigenvalue weighted by Crippen LogP contribution is 2.40. The predicted molar refractivity (Wildman–Crippen MR) is 95.6 cm³/mol. The van der Waals surface area contributed by atoms with E-state index in [-0.39, 0.29) is 24.0 Å². The summed E-state index contributed by atoms with van der Waals surface area (Å²) >= 11 is 0. The molecule has 148 valence electrons. The molecule has 0 saturated carbocycles. The van der Waals surface area contributed by atoms with E-state index in [1.165, 1.54) is 7.11 Å². The molecule has 0 radical (unpaired) electrons. The molecule has 2 aliphatic rings. The lowest BCUT2D eigenvalue weighted by atomic mass is 9.85. The minimum atomic E-state index is -0.769. The number of esters is 1. The maximum absolute atomic E-state index is 12.4. The molecule has 0 aromatic heterocycles. The number of rotatable bonds is 3. The topological polar surface area (TPSA) is 88.2 Å². The van der Waals surface area contributed by atoms with Crippen molar-refractivity contribution >= 4 is 18.1 Å². The minimum absolute atomic E-state index is 0.00525. The summed E-state index contributed by atoms with van der Waals surface area (Å²) in [7, 11) is 4.80. The Bertz CT molecular complexity index is 544. The van der Waals surface area contributed by atoms with Crippen LogP contribution in [0.15, 0.2) is 0 Å². The number of methoxy groups -OCH3 is 1. The van der Waals surface area contributed by atoms with Crippen LogP contribution in [0.3, 0.4) is 0 Å². The maximum Gasteiger partial charge on any atom is 0.408 e. The lowest BCUT2D eigenvalue weighted by molar-refractivity contribution is -0.145. The number of nitrogens with zero attached hydrogens (tertiary/aromatic N) is 2. The number of carbonyl (C=O) groups is 3. The van der Waals surface area contributed by atoms with E-state index in [9.17, 15) is 14.4 Å². The summed E-state index contributed by atoms with van der Waals surface area (Å²) in [6.07, 6.45) is 2.52. The van der Waals surface area contributed by atoms with Crippen molar-refractivity contribution in [2.45, 2.75) is 70.2 Å². The van der Waals surface area contributed by atoms with Gasteiger partial charge in [0.2, 0.25) is 0 Å². The van der Waals surface area contributed by atoms with Gasteiger partial charge in [0.05, 0.1) is 7.11 Å². The van der Waals surface area contributed by atoms with Crippen molar-refractivity contribution in [2.75, 3.05) is 21.2 Å². The van der Waals surface area contributed by atoms with E-state index in [1.807, 2.05) is 4.90 Å². The zero-order valence-electron chi connectivity index (χ0n) is 16.6. The first kappa shape index (κ1) is 20.3. The van der Waals surface area contributed by atoms with Gasteiger partial charge in [0.25, 0.3) is 0 Å². The van der Waals surface area contributed by atoms with Crippen molar-refractivity contribution in [1.29, 1.82) is 0 Å². The van der Waals surface area contributed by atoms with Crippen LogP contribution in [-0.2, 0) is 14.3 Å². The van der Waals surface area contributed by atoms with Gasteiger partial charge in [-0.2, -0.15) is 0 Å². The summed E-state index contributed by atoms with van der Waals surface area (Å²) in [5.74, 6) is -0.564. The van der Waals surface area contributed by atoms with E-state index >= 15 is 0 Å². The van der Waals surface area contributed by atoms with Gasteiger partial charge in [-0.25, -0.2) is 14.4 Å². The fraction of sp³-hybridized carbons (Fsp3) is 0.833. The number of urea groups is 1. The van der Waals surface area contributed by atoms with Crippen molar-refractivity contribution in [1.82, 2.24) is 15.1 Å². The second-order valence-electron chi connectivity index (χ2n) is 8.35.